The molecule has 0 aromatic heterocycles. The van der Waals surface area contributed by atoms with Crippen LogP contribution in [0.5, 0.6) is 0 Å². The quantitative estimate of drug-likeness (QED) is 0.574. The van der Waals surface area contributed by atoms with Crippen molar-refractivity contribution < 1.29 is 18.0 Å². The van der Waals surface area contributed by atoms with Gasteiger partial charge in [-0.3, -0.25) is 9.59 Å². The van der Waals surface area contributed by atoms with Crippen LogP contribution in [0.2, 0.25) is 0 Å². The van der Waals surface area contributed by atoms with E-state index in [-0.39, 0.29) is 34.6 Å². The normalized spacial score (nSPS) is 25.3. The van der Waals surface area contributed by atoms with E-state index in [1.807, 2.05) is 30.3 Å². The molecule has 2 aliphatic carbocycles. The molecule has 0 radical (unpaired) electrons. The standard InChI is InChI=1S/C27H31N3O4S/c1-2-25(31)28-21-13-16-30(27(18-21)14-6-15-27)35(33,34)22-11-9-20(10-12-22)29-26(32)24-17-23(24)19-7-4-3-5-8-19/h2-5,7-12,21,23-24H,1,6,13-18H2,(H,28,31)(H,29,32). The van der Waals surface area contributed by atoms with Crippen LogP contribution in [0.4, 0.5) is 5.69 Å². The smallest absolute Gasteiger partial charge is 0.243 e. The minimum Gasteiger partial charge on any atom is -0.350 e. The second-order valence-electron chi connectivity index (χ2n) is 9.93. The molecule has 2 N–H and O–H groups in total. The second kappa shape index (κ2) is 9.24. The number of hydrogen-bond acceptors (Lipinski definition) is 4. The first-order chi connectivity index (χ1) is 16.8. The van der Waals surface area contributed by atoms with E-state index in [1.165, 1.54) is 11.6 Å². The minimum atomic E-state index is -3.69. The Kier molecular flexibility index (Phi) is 6.27. The fourth-order valence-corrected chi connectivity index (χ4v) is 7.44. The van der Waals surface area contributed by atoms with Gasteiger partial charge in [-0.05, 0) is 80.3 Å². The largest absolute Gasteiger partial charge is 0.350 e. The monoisotopic (exact) mass is 493 g/mol. The third-order valence-corrected chi connectivity index (χ3v) is 9.73. The van der Waals surface area contributed by atoms with Gasteiger partial charge in [-0.1, -0.05) is 36.9 Å². The number of nitrogens with zero attached hydrogens (tertiary/aromatic N) is 1. The van der Waals surface area contributed by atoms with Crippen molar-refractivity contribution in [2.45, 2.75) is 60.9 Å². The molecule has 1 spiro atoms. The van der Waals surface area contributed by atoms with Gasteiger partial charge in [0, 0.05) is 29.7 Å². The Balaban J connectivity index is 1.24. The van der Waals surface area contributed by atoms with Gasteiger partial charge in [0.2, 0.25) is 21.8 Å². The molecule has 1 heterocycles. The molecule has 0 bridgehead atoms. The third kappa shape index (κ3) is 4.65. The van der Waals surface area contributed by atoms with Gasteiger partial charge in [0.1, 0.15) is 0 Å². The van der Waals surface area contributed by atoms with Crippen molar-refractivity contribution >= 4 is 27.5 Å². The van der Waals surface area contributed by atoms with E-state index < -0.39 is 15.6 Å². The van der Waals surface area contributed by atoms with Gasteiger partial charge >= 0.3 is 0 Å². The summed E-state index contributed by atoms with van der Waals surface area (Å²) in [5.41, 5.74) is 1.32. The highest BCUT2D eigenvalue weighted by atomic mass is 32.2. The number of carbonyl (C=O) groups is 2. The van der Waals surface area contributed by atoms with Gasteiger partial charge < -0.3 is 10.6 Å². The van der Waals surface area contributed by atoms with Crippen LogP contribution in [0.15, 0.2) is 72.1 Å². The number of sulfonamides is 1. The fraction of sp³-hybridized carbons (Fsp3) is 0.407. The molecular weight excluding hydrogens is 462 g/mol. The van der Waals surface area contributed by atoms with Crippen molar-refractivity contribution in [2.24, 2.45) is 5.92 Å². The average Bonchev–Trinajstić information content (AvgIpc) is 3.65. The van der Waals surface area contributed by atoms with E-state index in [4.69, 9.17) is 0 Å². The molecule has 5 rings (SSSR count). The summed E-state index contributed by atoms with van der Waals surface area (Å²) in [4.78, 5) is 24.7. The van der Waals surface area contributed by atoms with Gasteiger partial charge in [0.25, 0.3) is 0 Å². The number of hydrogen-bond donors (Lipinski definition) is 2. The molecule has 3 unspecified atom stereocenters. The first kappa shape index (κ1) is 23.8. The van der Waals surface area contributed by atoms with Crippen LogP contribution < -0.4 is 10.6 Å². The van der Waals surface area contributed by atoms with Crippen LogP contribution in [-0.4, -0.2) is 42.7 Å². The fourth-order valence-electron chi connectivity index (χ4n) is 5.60. The van der Waals surface area contributed by atoms with Crippen molar-refractivity contribution in [3.63, 3.8) is 0 Å². The molecule has 7 nitrogen and oxygen atoms in total. The van der Waals surface area contributed by atoms with Crippen LogP contribution >= 0.6 is 0 Å². The summed E-state index contributed by atoms with van der Waals surface area (Å²) in [6.07, 6.45) is 5.83. The summed E-state index contributed by atoms with van der Waals surface area (Å²) in [6.45, 7) is 3.87. The zero-order chi connectivity index (χ0) is 24.6. The maximum absolute atomic E-state index is 13.6. The van der Waals surface area contributed by atoms with E-state index >= 15 is 0 Å². The highest BCUT2D eigenvalue weighted by molar-refractivity contribution is 7.89. The molecule has 2 aromatic carbocycles. The lowest BCUT2D eigenvalue weighted by Gasteiger charge is -2.54. The highest BCUT2D eigenvalue weighted by Crippen LogP contribution is 2.48. The summed E-state index contributed by atoms with van der Waals surface area (Å²) in [5.74, 6) is -0.0675. The van der Waals surface area contributed by atoms with Crippen molar-refractivity contribution in [3.05, 3.63) is 72.8 Å². The molecule has 8 heteroatoms. The molecular formula is C27H31N3O4S. The number of rotatable bonds is 7. The van der Waals surface area contributed by atoms with Crippen molar-refractivity contribution in [2.75, 3.05) is 11.9 Å². The Morgan fingerprint density at radius 3 is 2.40 bits per heavy atom. The van der Waals surface area contributed by atoms with Gasteiger partial charge in [-0.2, -0.15) is 4.31 Å². The predicted molar refractivity (Wildman–Crippen MR) is 134 cm³/mol. The molecule has 1 saturated heterocycles. The third-order valence-electron chi connectivity index (χ3n) is 7.72. The molecule has 3 fully saturated rings. The van der Waals surface area contributed by atoms with Crippen molar-refractivity contribution in [1.82, 2.24) is 9.62 Å². The van der Waals surface area contributed by atoms with E-state index in [2.05, 4.69) is 17.2 Å². The molecule has 2 aromatic rings. The highest BCUT2D eigenvalue weighted by Gasteiger charge is 2.51. The number of amides is 2. The topological polar surface area (TPSA) is 95.6 Å². The molecule has 3 atom stereocenters. The van der Waals surface area contributed by atoms with Crippen LogP contribution in [0, 0.1) is 5.92 Å². The zero-order valence-electron chi connectivity index (χ0n) is 19.7. The van der Waals surface area contributed by atoms with Crippen molar-refractivity contribution in [1.29, 1.82) is 0 Å². The molecule has 2 amide bonds. The molecule has 35 heavy (non-hydrogen) atoms. The number of anilines is 1. The first-order valence-corrected chi connectivity index (χ1v) is 13.7. The summed E-state index contributed by atoms with van der Waals surface area (Å²) in [6, 6.07) is 16.4. The van der Waals surface area contributed by atoms with E-state index in [1.54, 1.807) is 28.6 Å². The lowest BCUT2D eigenvalue weighted by Crippen LogP contribution is -2.63. The zero-order valence-corrected chi connectivity index (χ0v) is 20.5. The van der Waals surface area contributed by atoms with Crippen molar-refractivity contribution in [3.8, 4) is 0 Å². The van der Waals surface area contributed by atoms with Crippen LogP contribution in [0.3, 0.4) is 0 Å². The maximum atomic E-state index is 13.6. The molecule has 184 valence electrons. The van der Waals surface area contributed by atoms with E-state index in [0.29, 0.717) is 25.1 Å². The number of benzene rings is 2. The van der Waals surface area contributed by atoms with Crippen LogP contribution in [-0.2, 0) is 19.6 Å². The van der Waals surface area contributed by atoms with E-state index in [9.17, 15) is 18.0 Å². The number of carbonyl (C=O) groups excluding carboxylic acids is 2. The number of piperidine rings is 1. The number of nitrogens with one attached hydrogen (secondary N) is 2. The minimum absolute atomic E-state index is 0.0356. The summed E-state index contributed by atoms with van der Waals surface area (Å²) in [5, 5.41) is 5.87. The van der Waals surface area contributed by atoms with Gasteiger partial charge in [-0.25, -0.2) is 8.42 Å². The average molecular weight is 494 g/mol. The maximum Gasteiger partial charge on any atom is 0.243 e. The molecule has 3 aliphatic rings. The predicted octanol–water partition coefficient (Wildman–Crippen LogP) is 3.81. The summed E-state index contributed by atoms with van der Waals surface area (Å²) >= 11 is 0. The second-order valence-corrected chi connectivity index (χ2v) is 11.8. The van der Waals surface area contributed by atoms with Crippen LogP contribution in [0.1, 0.15) is 50.0 Å². The Bertz CT molecular complexity index is 1220. The van der Waals surface area contributed by atoms with Gasteiger partial charge in [0.15, 0.2) is 0 Å². The Labute approximate surface area is 206 Å². The Morgan fingerprint density at radius 1 is 1.06 bits per heavy atom. The van der Waals surface area contributed by atoms with Crippen LogP contribution in [0.25, 0.3) is 0 Å². The lowest BCUT2D eigenvalue weighted by molar-refractivity contribution is -0.118. The summed E-state index contributed by atoms with van der Waals surface area (Å²) in [7, 11) is -3.69. The molecule has 1 aliphatic heterocycles. The lowest BCUT2D eigenvalue weighted by atomic mass is 9.70. The van der Waals surface area contributed by atoms with E-state index in [0.717, 1.165) is 25.7 Å². The first-order valence-electron chi connectivity index (χ1n) is 12.2. The Hall–Kier alpha value is -2.97. The van der Waals surface area contributed by atoms with Gasteiger partial charge in [0.05, 0.1) is 4.90 Å². The molecule has 2 saturated carbocycles. The summed E-state index contributed by atoms with van der Waals surface area (Å²) < 4.78 is 28.8. The SMILES string of the molecule is C=CC(=O)NC1CCN(S(=O)(=O)c2ccc(NC(=O)C3CC3c3ccccc3)cc2)C2(CCC2)C1. The van der Waals surface area contributed by atoms with Gasteiger partial charge in [-0.15, -0.1) is 0 Å². The Morgan fingerprint density at radius 2 is 1.77 bits per heavy atom.